The number of carboxylic acids is 1. The first-order chi connectivity index (χ1) is 10.2. The second-order valence-corrected chi connectivity index (χ2v) is 4.78. The number of halogens is 3. The van der Waals surface area contributed by atoms with Crippen molar-refractivity contribution in [3.05, 3.63) is 53.1 Å². The van der Waals surface area contributed by atoms with Crippen molar-refractivity contribution < 1.29 is 27.8 Å². The molecule has 0 aliphatic heterocycles. The predicted molar refractivity (Wildman–Crippen MR) is 75.1 cm³/mol. The van der Waals surface area contributed by atoms with Gasteiger partial charge in [-0.3, -0.25) is 0 Å². The minimum Gasteiger partial charge on any atom is -0.497 e. The quantitative estimate of drug-likeness (QED) is 0.914. The summed E-state index contributed by atoms with van der Waals surface area (Å²) in [7, 11) is 1.49. The van der Waals surface area contributed by atoms with Gasteiger partial charge in [0.05, 0.1) is 18.2 Å². The molecule has 1 N–H and O–H groups in total. The van der Waals surface area contributed by atoms with E-state index in [9.17, 15) is 18.0 Å². The third-order valence-electron chi connectivity index (χ3n) is 3.25. The van der Waals surface area contributed by atoms with Gasteiger partial charge in [-0.1, -0.05) is 6.07 Å². The monoisotopic (exact) mass is 310 g/mol. The molecule has 0 saturated carbocycles. The van der Waals surface area contributed by atoms with E-state index in [0.29, 0.717) is 22.9 Å². The van der Waals surface area contributed by atoms with Crippen LogP contribution in [0.2, 0.25) is 0 Å². The summed E-state index contributed by atoms with van der Waals surface area (Å²) in [4.78, 5) is 11.1. The second kappa shape index (κ2) is 5.71. The van der Waals surface area contributed by atoms with Crippen molar-refractivity contribution in [2.75, 3.05) is 7.11 Å². The van der Waals surface area contributed by atoms with E-state index in [2.05, 4.69) is 0 Å². The van der Waals surface area contributed by atoms with Crippen LogP contribution in [0.3, 0.4) is 0 Å². The molecule has 0 amide bonds. The molecule has 0 saturated heterocycles. The topological polar surface area (TPSA) is 46.5 Å². The Balaban J connectivity index is 2.64. The zero-order chi connectivity index (χ0) is 16.5. The Bertz CT molecular complexity index is 721. The average molecular weight is 310 g/mol. The van der Waals surface area contributed by atoms with Gasteiger partial charge in [0.25, 0.3) is 0 Å². The fourth-order valence-electron chi connectivity index (χ4n) is 2.16. The SMILES string of the molecule is COc1ccc(-c2cc(C(=O)O)cc(C(F)(F)F)c2)c(C)c1. The van der Waals surface area contributed by atoms with E-state index in [-0.39, 0.29) is 5.56 Å². The van der Waals surface area contributed by atoms with Crippen LogP contribution in [-0.4, -0.2) is 18.2 Å². The number of methoxy groups -OCH3 is 1. The Morgan fingerprint density at radius 3 is 2.32 bits per heavy atom. The molecule has 0 atom stereocenters. The lowest BCUT2D eigenvalue weighted by atomic mass is 9.96. The van der Waals surface area contributed by atoms with Crippen molar-refractivity contribution in [2.45, 2.75) is 13.1 Å². The van der Waals surface area contributed by atoms with Crippen molar-refractivity contribution >= 4 is 5.97 Å². The Kier molecular flexibility index (Phi) is 4.12. The number of aromatic carboxylic acids is 1. The van der Waals surface area contributed by atoms with Crippen molar-refractivity contribution in [1.29, 1.82) is 0 Å². The summed E-state index contributed by atoms with van der Waals surface area (Å²) in [6, 6.07) is 7.70. The molecule has 22 heavy (non-hydrogen) atoms. The molecular weight excluding hydrogens is 297 g/mol. The van der Waals surface area contributed by atoms with Crippen molar-refractivity contribution in [1.82, 2.24) is 0 Å². The highest BCUT2D eigenvalue weighted by atomic mass is 19.4. The number of aryl methyl sites for hydroxylation is 1. The highest BCUT2D eigenvalue weighted by Gasteiger charge is 2.32. The van der Waals surface area contributed by atoms with Crippen LogP contribution in [-0.2, 0) is 6.18 Å². The summed E-state index contributed by atoms with van der Waals surface area (Å²) in [5.74, 6) is -0.829. The van der Waals surface area contributed by atoms with E-state index in [0.717, 1.165) is 6.07 Å². The summed E-state index contributed by atoms with van der Waals surface area (Å²) < 4.78 is 43.9. The van der Waals surface area contributed by atoms with Crippen molar-refractivity contribution in [3.63, 3.8) is 0 Å². The van der Waals surface area contributed by atoms with Crippen LogP contribution in [0, 0.1) is 6.92 Å². The van der Waals surface area contributed by atoms with Gasteiger partial charge in [0.15, 0.2) is 0 Å². The van der Waals surface area contributed by atoms with Gasteiger partial charge in [-0.15, -0.1) is 0 Å². The zero-order valence-corrected chi connectivity index (χ0v) is 11.9. The first kappa shape index (κ1) is 15.9. The van der Waals surface area contributed by atoms with Crippen LogP contribution in [0.25, 0.3) is 11.1 Å². The first-order valence-electron chi connectivity index (χ1n) is 6.33. The van der Waals surface area contributed by atoms with E-state index in [1.54, 1.807) is 25.1 Å². The average Bonchev–Trinajstić information content (AvgIpc) is 2.45. The molecule has 2 aromatic carbocycles. The van der Waals surface area contributed by atoms with Crippen LogP contribution >= 0.6 is 0 Å². The lowest BCUT2D eigenvalue weighted by Gasteiger charge is -2.13. The van der Waals surface area contributed by atoms with E-state index in [1.807, 2.05) is 0 Å². The maximum atomic E-state index is 12.9. The fraction of sp³-hybridized carbons (Fsp3) is 0.188. The lowest BCUT2D eigenvalue weighted by molar-refractivity contribution is -0.137. The molecule has 0 aromatic heterocycles. The van der Waals surface area contributed by atoms with E-state index in [4.69, 9.17) is 9.84 Å². The highest BCUT2D eigenvalue weighted by Crippen LogP contribution is 2.35. The molecule has 0 aliphatic rings. The van der Waals surface area contributed by atoms with Gasteiger partial charge in [0, 0.05) is 0 Å². The molecule has 2 aromatic rings. The smallest absolute Gasteiger partial charge is 0.416 e. The maximum Gasteiger partial charge on any atom is 0.416 e. The van der Waals surface area contributed by atoms with Gasteiger partial charge in [-0.25, -0.2) is 4.79 Å². The number of hydrogen-bond donors (Lipinski definition) is 1. The molecule has 0 aliphatic carbocycles. The fourth-order valence-corrected chi connectivity index (χ4v) is 2.16. The maximum absolute atomic E-state index is 12.9. The summed E-state index contributed by atoms with van der Waals surface area (Å²) >= 11 is 0. The Hall–Kier alpha value is -2.50. The van der Waals surface area contributed by atoms with Crippen LogP contribution in [0.15, 0.2) is 36.4 Å². The highest BCUT2D eigenvalue weighted by molar-refractivity contribution is 5.90. The lowest BCUT2D eigenvalue weighted by Crippen LogP contribution is -2.08. The molecule has 3 nitrogen and oxygen atoms in total. The van der Waals surface area contributed by atoms with Crippen molar-refractivity contribution in [3.8, 4) is 16.9 Å². The molecule has 2 rings (SSSR count). The summed E-state index contributed by atoms with van der Waals surface area (Å²) in [5, 5.41) is 9.01. The first-order valence-corrected chi connectivity index (χ1v) is 6.33. The molecule has 0 radical (unpaired) electrons. The number of hydrogen-bond acceptors (Lipinski definition) is 2. The van der Waals surface area contributed by atoms with E-state index >= 15 is 0 Å². The number of benzene rings is 2. The van der Waals surface area contributed by atoms with Crippen LogP contribution in [0.5, 0.6) is 5.75 Å². The standard InChI is InChI=1S/C16H13F3O3/c1-9-5-13(22-2)3-4-14(9)10-6-11(15(20)21)8-12(7-10)16(17,18)19/h3-8H,1-2H3,(H,20,21). The molecule has 0 bridgehead atoms. The summed E-state index contributed by atoms with van der Waals surface area (Å²) in [6.45, 7) is 1.72. The number of alkyl halides is 3. The summed E-state index contributed by atoms with van der Waals surface area (Å²) in [6.07, 6.45) is -4.61. The molecular formula is C16H13F3O3. The van der Waals surface area contributed by atoms with E-state index in [1.165, 1.54) is 13.2 Å². The Labute approximate surface area is 125 Å². The molecule has 0 fully saturated rings. The minimum atomic E-state index is -4.61. The van der Waals surface area contributed by atoms with Gasteiger partial charge < -0.3 is 9.84 Å². The molecule has 6 heteroatoms. The largest absolute Gasteiger partial charge is 0.497 e. The third-order valence-corrected chi connectivity index (χ3v) is 3.25. The second-order valence-electron chi connectivity index (χ2n) is 4.78. The van der Waals surface area contributed by atoms with Gasteiger partial charge in [0.1, 0.15) is 5.75 Å². The Morgan fingerprint density at radius 1 is 1.14 bits per heavy atom. The van der Waals surface area contributed by atoms with Gasteiger partial charge in [-0.05, 0) is 53.9 Å². The number of ether oxygens (including phenoxy) is 1. The summed E-state index contributed by atoms with van der Waals surface area (Å²) in [5.41, 5.74) is 0.0226. The number of carbonyl (C=O) groups is 1. The van der Waals surface area contributed by atoms with Crippen LogP contribution < -0.4 is 4.74 Å². The zero-order valence-electron chi connectivity index (χ0n) is 11.9. The van der Waals surface area contributed by atoms with Gasteiger partial charge in [0.2, 0.25) is 0 Å². The Morgan fingerprint density at radius 2 is 1.82 bits per heavy atom. The predicted octanol–water partition coefficient (Wildman–Crippen LogP) is 4.39. The van der Waals surface area contributed by atoms with E-state index < -0.39 is 23.3 Å². The van der Waals surface area contributed by atoms with Crippen LogP contribution in [0.1, 0.15) is 21.5 Å². The molecule has 0 heterocycles. The molecule has 0 unspecified atom stereocenters. The minimum absolute atomic E-state index is 0.201. The normalized spacial score (nSPS) is 11.3. The third kappa shape index (κ3) is 3.21. The van der Waals surface area contributed by atoms with Gasteiger partial charge in [-0.2, -0.15) is 13.2 Å². The number of rotatable bonds is 3. The molecule has 116 valence electrons. The number of carboxylic acid groups (broad SMARTS) is 1. The van der Waals surface area contributed by atoms with Crippen molar-refractivity contribution in [2.24, 2.45) is 0 Å². The van der Waals surface area contributed by atoms with Crippen LogP contribution in [0.4, 0.5) is 13.2 Å². The van der Waals surface area contributed by atoms with Gasteiger partial charge >= 0.3 is 12.1 Å². The molecule has 0 spiro atoms.